The molecule has 82 valence electrons. The molecule has 0 aromatic heterocycles. The van der Waals surface area contributed by atoms with Gasteiger partial charge in [0.05, 0.1) is 0 Å². The van der Waals surface area contributed by atoms with Crippen LogP contribution in [0.4, 0.5) is 4.39 Å². The second-order valence-corrected chi connectivity index (χ2v) is 4.27. The van der Waals surface area contributed by atoms with Crippen molar-refractivity contribution in [2.24, 2.45) is 5.41 Å². The maximum Gasteiger partial charge on any atom is 0.225 e. The number of benzene rings is 1. The summed E-state index contributed by atoms with van der Waals surface area (Å²) >= 11 is 0. The maximum absolute atomic E-state index is 12.9. The first-order chi connectivity index (χ1) is 6.95. The van der Waals surface area contributed by atoms with E-state index in [0.717, 1.165) is 5.56 Å². The summed E-state index contributed by atoms with van der Waals surface area (Å²) in [5.41, 5.74) is 0.325. The van der Waals surface area contributed by atoms with Crippen LogP contribution in [0.1, 0.15) is 19.4 Å². The molecule has 0 fully saturated rings. The van der Waals surface area contributed by atoms with Gasteiger partial charge in [-0.1, -0.05) is 26.0 Å². The minimum Gasteiger partial charge on any atom is -0.359 e. The van der Waals surface area contributed by atoms with Gasteiger partial charge in [-0.05, 0) is 24.1 Å². The second-order valence-electron chi connectivity index (χ2n) is 4.27. The zero-order chi connectivity index (χ0) is 11.5. The highest BCUT2D eigenvalue weighted by Gasteiger charge is 2.26. The Balaban J connectivity index is 2.81. The third kappa shape index (κ3) is 3.05. The molecule has 15 heavy (non-hydrogen) atoms. The highest BCUT2D eigenvalue weighted by molar-refractivity contribution is 5.81. The maximum atomic E-state index is 12.9. The highest BCUT2D eigenvalue weighted by atomic mass is 19.1. The molecule has 0 radical (unpaired) electrons. The molecule has 0 atom stereocenters. The van der Waals surface area contributed by atoms with Crippen LogP contribution >= 0.6 is 0 Å². The smallest absolute Gasteiger partial charge is 0.225 e. The molecule has 1 aromatic rings. The molecule has 0 unspecified atom stereocenters. The van der Waals surface area contributed by atoms with Crippen molar-refractivity contribution in [3.8, 4) is 0 Å². The van der Waals surface area contributed by atoms with Crippen molar-refractivity contribution in [3.05, 3.63) is 35.6 Å². The predicted molar refractivity (Wildman–Crippen MR) is 58.0 cm³/mol. The van der Waals surface area contributed by atoms with Gasteiger partial charge in [0.25, 0.3) is 0 Å². The third-order valence-corrected chi connectivity index (χ3v) is 2.38. The minimum atomic E-state index is -0.511. The number of carbonyl (C=O) groups excluding carboxylic acids is 1. The van der Waals surface area contributed by atoms with Crippen molar-refractivity contribution in [2.45, 2.75) is 20.3 Å². The van der Waals surface area contributed by atoms with Crippen LogP contribution in [0.2, 0.25) is 0 Å². The Labute approximate surface area is 89.5 Å². The number of hydrogen-bond acceptors (Lipinski definition) is 1. The van der Waals surface area contributed by atoms with Crippen molar-refractivity contribution in [1.29, 1.82) is 0 Å². The van der Waals surface area contributed by atoms with Crippen LogP contribution in [-0.4, -0.2) is 13.0 Å². The molecule has 0 aliphatic carbocycles. The van der Waals surface area contributed by atoms with Gasteiger partial charge in [-0.15, -0.1) is 0 Å². The molecule has 1 rings (SSSR count). The fourth-order valence-corrected chi connectivity index (χ4v) is 1.58. The minimum absolute atomic E-state index is 0.0354. The molecule has 1 amide bonds. The summed E-state index contributed by atoms with van der Waals surface area (Å²) < 4.78 is 12.9. The van der Waals surface area contributed by atoms with E-state index in [1.165, 1.54) is 12.1 Å². The highest BCUT2D eigenvalue weighted by Crippen LogP contribution is 2.22. The molecule has 0 saturated heterocycles. The number of rotatable bonds is 3. The summed E-state index contributed by atoms with van der Waals surface area (Å²) in [6, 6.07) is 6.35. The molecule has 0 heterocycles. The van der Waals surface area contributed by atoms with Gasteiger partial charge in [0.1, 0.15) is 5.82 Å². The third-order valence-electron chi connectivity index (χ3n) is 2.38. The Bertz CT molecular complexity index is 360. The molecule has 1 N–H and O–H groups in total. The van der Waals surface area contributed by atoms with E-state index in [2.05, 4.69) is 5.32 Å². The zero-order valence-corrected chi connectivity index (χ0v) is 9.30. The lowest BCUT2D eigenvalue weighted by atomic mass is 9.85. The molecule has 0 bridgehead atoms. The molecule has 1 aromatic carbocycles. The van der Waals surface area contributed by atoms with Crippen LogP contribution in [0.3, 0.4) is 0 Å². The van der Waals surface area contributed by atoms with Crippen molar-refractivity contribution in [3.63, 3.8) is 0 Å². The van der Waals surface area contributed by atoms with Gasteiger partial charge in [0, 0.05) is 12.5 Å². The SMILES string of the molecule is CNC(=O)C(C)(C)Cc1cccc(F)c1. The van der Waals surface area contributed by atoms with E-state index in [0.29, 0.717) is 6.42 Å². The van der Waals surface area contributed by atoms with Gasteiger partial charge in [0.15, 0.2) is 0 Å². The largest absolute Gasteiger partial charge is 0.359 e. The molecule has 0 aliphatic heterocycles. The molecular formula is C12H16FNO. The van der Waals surface area contributed by atoms with E-state index < -0.39 is 5.41 Å². The Morgan fingerprint density at radius 3 is 2.67 bits per heavy atom. The Kier molecular flexibility index (Phi) is 3.45. The lowest BCUT2D eigenvalue weighted by Crippen LogP contribution is -2.36. The lowest BCUT2D eigenvalue weighted by molar-refractivity contribution is -0.128. The van der Waals surface area contributed by atoms with Crippen molar-refractivity contribution in [1.82, 2.24) is 5.32 Å². The first-order valence-electron chi connectivity index (χ1n) is 4.92. The first-order valence-corrected chi connectivity index (χ1v) is 4.92. The molecule has 0 spiro atoms. The molecule has 0 aliphatic rings. The van der Waals surface area contributed by atoms with E-state index in [1.54, 1.807) is 13.1 Å². The molecule has 3 heteroatoms. The van der Waals surface area contributed by atoms with Crippen LogP contribution < -0.4 is 5.32 Å². The number of carbonyl (C=O) groups is 1. The van der Waals surface area contributed by atoms with Gasteiger partial charge in [-0.3, -0.25) is 4.79 Å². The van der Waals surface area contributed by atoms with E-state index in [-0.39, 0.29) is 11.7 Å². The first kappa shape index (κ1) is 11.7. The van der Waals surface area contributed by atoms with Gasteiger partial charge in [-0.2, -0.15) is 0 Å². The quantitative estimate of drug-likeness (QED) is 0.812. The Hall–Kier alpha value is -1.38. The average molecular weight is 209 g/mol. The Morgan fingerprint density at radius 1 is 1.47 bits per heavy atom. The average Bonchev–Trinajstić information content (AvgIpc) is 2.15. The summed E-state index contributed by atoms with van der Waals surface area (Å²) in [6.07, 6.45) is 0.532. The van der Waals surface area contributed by atoms with Crippen molar-refractivity contribution < 1.29 is 9.18 Å². The van der Waals surface area contributed by atoms with Crippen molar-refractivity contribution in [2.75, 3.05) is 7.05 Å². The van der Waals surface area contributed by atoms with E-state index >= 15 is 0 Å². The van der Waals surface area contributed by atoms with Gasteiger partial charge >= 0.3 is 0 Å². The topological polar surface area (TPSA) is 29.1 Å². The normalized spacial score (nSPS) is 11.2. The summed E-state index contributed by atoms with van der Waals surface area (Å²) in [4.78, 5) is 11.5. The van der Waals surface area contributed by atoms with E-state index in [4.69, 9.17) is 0 Å². The predicted octanol–water partition coefficient (Wildman–Crippen LogP) is 2.14. The van der Waals surface area contributed by atoms with Crippen LogP contribution in [0.5, 0.6) is 0 Å². The zero-order valence-electron chi connectivity index (χ0n) is 9.30. The summed E-state index contributed by atoms with van der Waals surface area (Å²) in [5, 5.41) is 2.61. The number of amides is 1. The number of halogens is 1. The van der Waals surface area contributed by atoms with Crippen LogP contribution in [0.15, 0.2) is 24.3 Å². The fourth-order valence-electron chi connectivity index (χ4n) is 1.58. The second kappa shape index (κ2) is 4.43. The monoisotopic (exact) mass is 209 g/mol. The molecule has 0 saturated carbocycles. The summed E-state index contributed by atoms with van der Waals surface area (Å²) in [7, 11) is 1.61. The van der Waals surface area contributed by atoms with Gasteiger partial charge < -0.3 is 5.32 Å². The van der Waals surface area contributed by atoms with Crippen LogP contribution in [0, 0.1) is 11.2 Å². The van der Waals surface area contributed by atoms with Crippen LogP contribution in [-0.2, 0) is 11.2 Å². The van der Waals surface area contributed by atoms with Gasteiger partial charge in [0.2, 0.25) is 5.91 Å². The molecular weight excluding hydrogens is 193 g/mol. The van der Waals surface area contributed by atoms with Gasteiger partial charge in [-0.25, -0.2) is 4.39 Å². The van der Waals surface area contributed by atoms with E-state index in [9.17, 15) is 9.18 Å². The Morgan fingerprint density at radius 2 is 2.13 bits per heavy atom. The summed E-state index contributed by atoms with van der Waals surface area (Å²) in [5.74, 6) is -0.299. The number of nitrogens with one attached hydrogen (secondary N) is 1. The fraction of sp³-hybridized carbons (Fsp3) is 0.417. The number of hydrogen-bond donors (Lipinski definition) is 1. The van der Waals surface area contributed by atoms with E-state index in [1.807, 2.05) is 19.9 Å². The summed E-state index contributed by atoms with van der Waals surface area (Å²) in [6.45, 7) is 3.69. The molecule has 2 nitrogen and oxygen atoms in total. The standard InChI is InChI=1S/C12H16FNO/c1-12(2,11(15)14-3)8-9-5-4-6-10(13)7-9/h4-7H,8H2,1-3H3,(H,14,15). The van der Waals surface area contributed by atoms with Crippen LogP contribution in [0.25, 0.3) is 0 Å². The van der Waals surface area contributed by atoms with Crippen molar-refractivity contribution >= 4 is 5.91 Å². The lowest BCUT2D eigenvalue weighted by Gasteiger charge is -2.22.